The first kappa shape index (κ1) is 19.9. The van der Waals surface area contributed by atoms with Gasteiger partial charge < -0.3 is 19.8 Å². The SMILES string of the molecule is COC(=O)c1c(F)c(Br)cc([N+](=O)[O-])c1-n1cc(C#N)c(N)c1C(=O)OC. The molecular weight excluding hydrogens is 431 g/mol. The van der Waals surface area contributed by atoms with Crippen LogP contribution < -0.4 is 5.73 Å². The van der Waals surface area contributed by atoms with E-state index in [2.05, 4.69) is 25.4 Å². The molecule has 1 aromatic carbocycles. The lowest BCUT2D eigenvalue weighted by atomic mass is 10.1. The number of methoxy groups -OCH3 is 2. The third kappa shape index (κ3) is 3.20. The molecule has 140 valence electrons. The monoisotopic (exact) mass is 440 g/mol. The van der Waals surface area contributed by atoms with E-state index >= 15 is 0 Å². The zero-order chi connectivity index (χ0) is 20.5. The van der Waals surface area contributed by atoms with Gasteiger partial charge in [0.25, 0.3) is 5.69 Å². The molecule has 0 unspecified atom stereocenters. The molecule has 1 heterocycles. The van der Waals surface area contributed by atoms with E-state index in [0.717, 1.165) is 31.0 Å². The molecule has 0 spiro atoms. The first-order chi connectivity index (χ1) is 12.7. The molecule has 0 fully saturated rings. The molecule has 0 saturated carbocycles. The van der Waals surface area contributed by atoms with Gasteiger partial charge in [-0.2, -0.15) is 5.26 Å². The third-order valence-corrected chi connectivity index (χ3v) is 4.12. The Balaban J connectivity index is 3.09. The number of nitrogens with two attached hydrogens (primary N) is 1. The number of nitro benzene ring substituents is 1. The summed E-state index contributed by atoms with van der Waals surface area (Å²) in [4.78, 5) is 34.9. The number of carbonyl (C=O) groups is 2. The maximum Gasteiger partial charge on any atom is 0.357 e. The molecule has 2 aromatic rings. The van der Waals surface area contributed by atoms with Gasteiger partial charge >= 0.3 is 11.9 Å². The molecule has 1 aromatic heterocycles. The molecule has 0 atom stereocenters. The van der Waals surface area contributed by atoms with Gasteiger partial charge in [-0.25, -0.2) is 14.0 Å². The number of hydrogen-bond acceptors (Lipinski definition) is 8. The topological polar surface area (TPSA) is 150 Å². The van der Waals surface area contributed by atoms with E-state index in [1.165, 1.54) is 0 Å². The summed E-state index contributed by atoms with van der Waals surface area (Å²) >= 11 is 2.80. The number of nitro groups is 1. The molecule has 0 aliphatic heterocycles. The standard InChI is InChI=1S/C15H10BrFN4O6/c1-26-14(22)9-10(17)7(16)3-8(21(24)25)12(9)20-5-6(4-18)11(19)13(20)15(23)27-2/h3,5H,19H2,1-2H3. The van der Waals surface area contributed by atoms with Gasteiger partial charge in [0.2, 0.25) is 0 Å². The van der Waals surface area contributed by atoms with Crippen molar-refractivity contribution in [2.24, 2.45) is 0 Å². The molecule has 0 aliphatic carbocycles. The third-order valence-electron chi connectivity index (χ3n) is 3.54. The predicted molar refractivity (Wildman–Crippen MR) is 91.9 cm³/mol. The van der Waals surface area contributed by atoms with E-state index < -0.39 is 45.3 Å². The summed E-state index contributed by atoms with van der Waals surface area (Å²) in [6.07, 6.45) is 0.962. The van der Waals surface area contributed by atoms with Crippen LogP contribution in [-0.2, 0) is 9.47 Å². The Morgan fingerprint density at radius 2 is 1.96 bits per heavy atom. The van der Waals surface area contributed by atoms with Crippen LogP contribution in [-0.4, -0.2) is 35.6 Å². The first-order valence-electron chi connectivity index (χ1n) is 6.93. The summed E-state index contributed by atoms with van der Waals surface area (Å²) in [6, 6.07) is 2.51. The lowest BCUT2D eigenvalue weighted by molar-refractivity contribution is -0.384. The van der Waals surface area contributed by atoms with Gasteiger partial charge in [0.05, 0.1) is 34.9 Å². The second-order valence-electron chi connectivity index (χ2n) is 4.94. The lowest BCUT2D eigenvalue weighted by Crippen LogP contribution is -2.17. The first-order valence-corrected chi connectivity index (χ1v) is 7.73. The summed E-state index contributed by atoms with van der Waals surface area (Å²) in [5.74, 6) is -3.46. The Kier molecular flexibility index (Phi) is 5.46. The number of hydrogen-bond donors (Lipinski definition) is 1. The fourth-order valence-electron chi connectivity index (χ4n) is 2.37. The van der Waals surface area contributed by atoms with Gasteiger partial charge in [-0.15, -0.1) is 0 Å². The number of nitriles is 1. The Hall–Kier alpha value is -3.46. The number of benzene rings is 1. The highest BCUT2D eigenvalue weighted by atomic mass is 79.9. The van der Waals surface area contributed by atoms with Gasteiger partial charge in [-0.3, -0.25) is 10.1 Å². The zero-order valence-electron chi connectivity index (χ0n) is 13.8. The molecule has 0 amide bonds. The lowest BCUT2D eigenvalue weighted by Gasteiger charge is -2.14. The van der Waals surface area contributed by atoms with Crippen LogP contribution in [0.15, 0.2) is 16.7 Å². The van der Waals surface area contributed by atoms with Crippen molar-refractivity contribution in [3.63, 3.8) is 0 Å². The number of esters is 2. The zero-order valence-corrected chi connectivity index (χ0v) is 15.4. The molecular formula is C15H10BrFN4O6. The average molecular weight is 441 g/mol. The van der Waals surface area contributed by atoms with E-state index in [0.29, 0.717) is 0 Å². The van der Waals surface area contributed by atoms with Gasteiger partial charge in [-0.1, -0.05) is 0 Å². The highest BCUT2D eigenvalue weighted by Gasteiger charge is 2.34. The van der Waals surface area contributed by atoms with Crippen LogP contribution in [0.2, 0.25) is 0 Å². The number of carbonyl (C=O) groups excluding carboxylic acids is 2. The molecule has 0 radical (unpaired) electrons. The molecule has 2 N–H and O–H groups in total. The van der Waals surface area contributed by atoms with E-state index in [1.807, 2.05) is 0 Å². The maximum absolute atomic E-state index is 14.6. The number of nitrogen functional groups attached to an aromatic ring is 1. The minimum absolute atomic E-state index is 0.233. The minimum atomic E-state index is -1.24. The highest BCUT2D eigenvalue weighted by molar-refractivity contribution is 9.10. The Bertz CT molecular complexity index is 1030. The molecule has 2 rings (SSSR count). The van der Waals surface area contributed by atoms with Crippen LogP contribution in [0.3, 0.4) is 0 Å². The van der Waals surface area contributed by atoms with Gasteiger partial charge in [0, 0.05) is 12.3 Å². The van der Waals surface area contributed by atoms with E-state index in [4.69, 9.17) is 11.0 Å². The van der Waals surface area contributed by atoms with Crippen LogP contribution in [0.4, 0.5) is 15.8 Å². The Morgan fingerprint density at radius 3 is 2.44 bits per heavy atom. The smallest absolute Gasteiger partial charge is 0.357 e. The van der Waals surface area contributed by atoms with Gasteiger partial charge in [0.1, 0.15) is 17.3 Å². The van der Waals surface area contributed by atoms with Crippen LogP contribution in [0.1, 0.15) is 26.4 Å². The molecule has 0 bridgehead atoms. The Labute approximate surface area is 159 Å². The van der Waals surface area contributed by atoms with Crippen molar-refractivity contribution in [3.05, 3.63) is 49.5 Å². The van der Waals surface area contributed by atoms with Crippen molar-refractivity contribution in [1.82, 2.24) is 4.57 Å². The number of rotatable bonds is 4. The van der Waals surface area contributed by atoms with Gasteiger partial charge in [-0.05, 0) is 15.9 Å². The molecule has 10 nitrogen and oxygen atoms in total. The number of halogens is 2. The quantitative estimate of drug-likeness (QED) is 0.431. The fourth-order valence-corrected chi connectivity index (χ4v) is 2.78. The second-order valence-corrected chi connectivity index (χ2v) is 5.80. The van der Waals surface area contributed by atoms with Crippen molar-refractivity contribution in [2.45, 2.75) is 0 Å². The van der Waals surface area contributed by atoms with Crippen molar-refractivity contribution < 1.29 is 28.4 Å². The molecule has 27 heavy (non-hydrogen) atoms. The van der Waals surface area contributed by atoms with Crippen LogP contribution in [0.5, 0.6) is 0 Å². The summed E-state index contributed by atoms with van der Waals surface area (Å²) in [7, 11) is 1.97. The number of aromatic nitrogens is 1. The van der Waals surface area contributed by atoms with Crippen molar-refractivity contribution >= 4 is 39.2 Å². The van der Waals surface area contributed by atoms with E-state index in [9.17, 15) is 24.1 Å². The highest BCUT2D eigenvalue weighted by Crippen LogP contribution is 2.37. The number of anilines is 1. The number of nitrogens with zero attached hydrogens (tertiary/aromatic N) is 3. The van der Waals surface area contributed by atoms with Crippen LogP contribution in [0.25, 0.3) is 5.69 Å². The molecule has 12 heteroatoms. The fraction of sp³-hybridized carbons (Fsp3) is 0.133. The van der Waals surface area contributed by atoms with Crippen LogP contribution >= 0.6 is 15.9 Å². The Morgan fingerprint density at radius 1 is 1.37 bits per heavy atom. The van der Waals surface area contributed by atoms with Crippen LogP contribution in [0, 0.1) is 27.3 Å². The average Bonchev–Trinajstić information content (AvgIpc) is 2.97. The molecule has 0 aliphatic rings. The second kappa shape index (κ2) is 7.42. The largest absolute Gasteiger partial charge is 0.465 e. The van der Waals surface area contributed by atoms with Crippen molar-refractivity contribution in [1.29, 1.82) is 5.26 Å². The summed E-state index contributed by atoms with van der Waals surface area (Å²) < 4.78 is 24.1. The number of ether oxygens (including phenoxy) is 2. The van der Waals surface area contributed by atoms with E-state index in [1.54, 1.807) is 6.07 Å². The normalized spacial score (nSPS) is 10.2. The summed E-state index contributed by atoms with van der Waals surface area (Å²) in [6.45, 7) is 0. The van der Waals surface area contributed by atoms with Gasteiger partial charge in [0.15, 0.2) is 11.5 Å². The van der Waals surface area contributed by atoms with Crippen molar-refractivity contribution in [3.8, 4) is 11.8 Å². The summed E-state index contributed by atoms with van der Waals surface area (Å²) in [5.41, 5.74) is 2.47. The van der Waals surface area contributed by atoms with E-state index in [-0.39, 0.29) is 15.7 Å². The van der Waals surface area contributed by atoms with Crippen molar-refractivity contribution in [2.75, 3.05) is 20.0 Å². The molecule has 0 saturated heterocycles. The maximum atomic E-state index is 14.6. The summed E-state index contributed by atoms with van der Waals surface area (Å²) in [5, 5.41) is 20.7. The predicted octanol–water partition coefficient (Wildman–Crippen LogP) is 2.31. The minimum Gasteiger partial charge on any atom is -0.465 e.